The summed E-state index contributed by atoms with van der Waals surface area (Å²) in [7, 11) is 0. The molecule has 0 radical (unpaired) electrons. The first-order valence-electron chi connectivity index (χ1n) is 20.7. The van der Waals surface area contributed by atoms with E-state index in [-0.39, 0.29) is 61.6 Å². The number of rotatable bonds is 16. The van der Waals surface area contributed by atoms with Gasteiger partial charge < -0.3 is 28.4 Å². The molecule has 17 heteroatoms. The molecule has 4 aromatic carbocycles. The number of cyclic esters (lactones) is 2. The van der Waals surface area contributed by atoms with Gasteiger partial charge in [0.2, 0.25) is 11.8 Å². The van der Waals surface area contributed by atoms with Gasteiger partial charge >= 0.3 is 12.2 Å². The fraction of sp³-hybridized carbons (Fsp3) is 0.292. The van der Waals surface area contributed by atoms with Crippen molar-refractivity contribution in [2.45, 2.75) is 49.6 Å². The fourth-order valence-electron chi connectivity index (χ4n) is 7.40. The molecule has 2 saturated heterocycles. The van der Waals surface area contributed by atoms with Crippen LogP contribution in [0.25, 0.3) is 0 Å². The summed E-state index contributed by atoms with van der Waals surface area (Å²) in [6.45, 7) is 0.922. The number of ether oxygens (including phenoxy) is 3. The second kappa shape index (κ2) is 25.1. The number of imide groups is 2. The number of nitrogens with zero attached hydrogens (tertiary/aromatic N) is 4. The van der Waals surface area contributed by atoms with E-state index in [9.17, 15) is 24.3 Å². The standard InChI is InChI=1S/C24H23BrN2O5.C22H20N2O5.C2H4Br2/c25-11-13-30-20-8-6-18(7-9-20)21(22-10-12-32-26-22)15-23(28)27-19(16-31-24(27)29)14-17-4-2-1-3-5-17;25-18-8-6-16(7-9-18)19(20-10-11-29-23-20)13-21(26)24-17(14-28-22(24)27)12-15-4-2-1-3-5-15;3-1-2-4/h1-10,12,19,21H,11,13-16H2;1-11,17,19,25H,12-14H2;1-2H2/t19-,21-;17-,19-;/m00./s1. The molecule has 1 N–H and O–H groups in total. The van der Waals surface area contributed by atoms with Crippen molar-refractivity contribution in [1.29, 1.82) is 0 Å². The van der Waals surface area contributed by atoms with Crippen LogP contribution in [-0.4, -0.2) is 97.1 Å². The third-order valence-corrected chi connectivity index (χ3v) is 12.7. The number of carbonyl (C=O) groups excluding carboxylic acids is 4. The third-order valence-electron chi connectivity index (χ3n) is 10.5. The van der Waals surface area contributed by atoms with E-state index in [0.29, 0.717) is 30.8 Å². The zero-order valence-electron chi connectivity index (χ0n) is 35.1. The Kier molecular flexibility index (Phi) is 18.8. The average molecular weight is 1080 g/mol. The summed E-state index contributed by atoms with van der Waals surface area (Å²) in [4.78, 5) is 53.5. The minimum Gasteiger partial charge on any atom is -0.508 e. The van der Waals surface area contributed by atoms with Crippen molar-refractivity contribution in [2.75, 3.05) is 35.8 Å². The first-order valence-corrected chi connectivity index (χ1v) is 24.1. The number of amides is 4. The Morgan fingerprint density at radius 3 is 1.43 bits per heavy atom. The Morgan fingerprint density at radius 2 is 1.05 bits per heavy atom. The van der Waals surface area contributed by atoms with Gasteiger partial charge in [0.15, 0.2) is 0 Å². The van der Waals surface area contributed by atoms with Crippen LogP contribution < -0.4 is 4.74 Å². The van der Waals surface area contributed by atoms with Crippen molar-refractivity contribution in [2.24, 2.45) is 0 Å². The Labute approximate surface area is 401 Å². The first kappa shape index (κ1) is 48.7. The van der Waals surface area contributed by atoms with Gasteiger partial charge in [-0.25, -0.2) is 19.4 Å². The molecule has 0 bridgehead atoms. The van der Waals surface area contributed by atoms with E-state index in [4.69, 9.17) is 23.3 Å². The Balaban J connectivity index is 0.000000200. The lowest BCUT2D eigenvalue weighted by Crippen LogP contribution is -2.40. The lowest BCUT2D eigenvalue weighted by atomic mass is 9.91. The number of alkyl halides is 3. The van der Waals surface area contributed by atoms with E-state index in [0.717, 1.165) is 44.0 Å². The topological polar surface area (TPSA) is 175 Å². The van der Waals surface area contributed by atoms with Crippen molar-refractivity contribution in [1.82, 2.24) is 20.1 Å². The lowest BCUT2D eigenvalue weighted by molar-refractivity contribution is -0.130. The van der Waals surface area contributed by atoms with E-state index in [2.05, 4.69) is 58.1 Å². The summed E-state index contributed by atoms with van der Waals surface area (Å²) in [5, 5.41) is 20.4. The van der Waals surface area contributed by atoms with Crippen LogP contribution in [-0.2, 0) is 31.9 Å². The smallest absolute Gasteiger partial charge is 0.416 e. The van der Waals surface area contributed by atoms with Crippen LogP contribution in [0.5, 0.6) is 11.5 Å². The largest absolute Gasteiger partial charge is 0.508 e. The lowest BCUT2D eigenvalue weighted by Gasteiger charge is -2.22. The molecule has 6 aromatic rings. The minimum absolute atomic E-state index is 0.0255. The van der Waals surface area contributed by atoms with E-state index >= 15 is 0 Å². The summed E-state index contributed by atoms with van der Waals surface area (Å²) < 4.78 is 26.0. The molecule has 4 heterocycles. The van der Waals surface area contributed by atoms with Gasteiger partial charge in [0.05, 0.1) is 30.1 Å². The maximum absolute atomic E-state index is 13.3. The van der Waals surface area contributed by atoms with Gasteiger partial charge in [-0.05, 0) is 59.4 Å². The Hall–Kier alpha value is -5.78. The number of phenolic OH excluding ortho intramolecular Hbond substituents is 1. The molecule has 0 saturated carbocycles. The molecular formula is C48H47Br3N4O10. The molecule has 2 fully saturated rings. The van der Waals surface area contributed by atoms with Gasteiger partial charge in [-0.3, -0.25) is 9.59 Å². The summed E-state index contributed by atoms with van der Waals surface area (Å²) >= 11 is 9.74. The maximum Gasteiger partial charge on any atom is 0.416 e. The molecule has 2 aromatic heterocycles. The van der Waals surface area contributed by atoms with Crippen LogP contribution in [0, 0.1) is 0 Å². The van der Waals surface area contributed by atoms with Gasteiger partial charge in [0.25, 0.3) is 0 Å². The molecule has 340 valence electrons. The Bertz CT molecular complexity index is 2370. The Morgan fingerprint density at radius 1 is 0.615 bits per heavy atom. The number of hydrogen-bond acceptors (Lipinski definition) is 12. The van der Waals surface area contributed by atoms with Crippen LogP contribution in [0.15, 0.2) is 143 Å². The molecule has 0 spiro atoms. The van der Waals surface area contributed by atoms with Crippen molar-refractivity contribution in [3.8, 4) is 11.5 Å². The minimum atomic E-state index is -0.624. The highest BCUT2D eigenvalue weighted by molar-refractivity contribution is 9.12. The number of hydrogen-bond donors (Lipinski definition) is 1. The zero-order valence-corrected chi connectivity index (χ0v) is 39.9. The van der Waals surface area contributed by atoms with Gasteiger partial charge in [-0.15, -0.1) is 0 Å². The highest BCUT2D eigenvalue weighted by Gasteiger charge is 2.40. The average Bonchev–Trinajstić information content (AvgIpc) is 4.18. The summed E-state index contributed by atoms with van der Waals surface area (Å²) in [5.41, 5.74) is 4.94. The van der Waals surface area contributed by atoms with Crippen molar-refractivity contribution < 1.29 is 47.5 Å². The highest BCUT2D eigenvalue weighted by Crippen LogP contribution is 2.32. The van der Waals surface area contributed by atoms with Crippen LogP contribution in [0.1, 0.15) is 58.3 Å². The van der Waals surface area contributed by atoms with Gasteiger partial charge in [-0.1, -0.05) is 143 Å². The molecule has 4 atom stereocenters. The molecule has 0 aliphatic carbocycles. The number of halogens is 3. The predicted molar refractivity (Wildman–Crippen MR) is 252 cm³/mol. The predicted octanol–water partition coefficient (Wildman–Crippen LogP) is 9.83. The van der Waals surface area contributed by atoms with Crippen molar-refractivity contribution in [3.05, 3.63) is 167 Å². The number of benzene rings is 4. The maximum atomic E-state index is 13.3. The summed E-state index contributed by atoms with van der Waals surface area (Å²) in [6, 6.07) is 36.2. The molecule has 2 aliphatic heterocycles. The molecule has 4 amide bonds. The number of phenols is 1. The van der Waals surface area contributed by atoms with E-state index < -0.39 is 18.1 Å². The highest BCUT2D eigenvalue weighted by atomic mass is 79.9. The van der Waals surface area contributed by atoms with Crippen LogP contribution in [0.2, 0.25) is 0 Å². The molecule has 0 unspecified atom stereocenters. The zero-order chi connectivity index (χ0) is 46.0. The molecule has 14 nitrogen and oxygen atoms in total. The first-order chi connectivity index (χ1) is 31.7. The SMILES string of the molecule is BrCCBr.O=C(C[C@@H](c1ccc(O)cc1)c1ccon1)N1C(=O)OC[C@@H]1Cc1ccccc1.O=C(C[C@@H](c1ccc(OCCBr)cc1)c1ccon1)N1C(=O)OC[C@@H]1Cc1ccccc1. The second-order valence-electron chi connectivity index (χ2n) is 14.8. The number of aromatic nitrogens is 2. The van der Waals surface area contributed by atoms with E-state index in [1.54, 1.807) is 36.4 Å². The molecule has 8 rings (SSSR count). The summed E-state index contributed by atoms with van der Waals surface area (Å²) in [5.74, 6) is -0.546. The van der Waals surface area contributed by atoms with E-state index in [1.807, 2.05) is 84.9 Å². The van der Waals surface area contributed by atoms with Crippen LogP contribution in [0.4, 0.5) is 9.59 Å². The number of carbonyl (C=O) groups is 4. The third kappa shape index (κ3) is 13.9. The van der Waals surface area contributed by atoms with E-state index in [1.165, 1.54) is 22.3 Å². The monoisotopic (exact) mass is 1080 g/mol. The second-order valence-corrected chi connectivity index (χ2v) is 17.2. The number of aromatic hydroxyl groups is 1. The van der Waals surface area contributed by atoms with Gasteiger partial charge in [-0.2, -0.15) is 0 Å². The fourth-order valence-corrected chi connectivity index (χ4v) is 7.56. The van der Waals surface area contributed by atoms with Crippen molar-refractivity contribution >= 4 is 71.8 Å². The van der Waals surface area contributed by atoms with Crippen LogP contribution in [0.3, 0.4) is 0 Å². The summed E-state index contributed by atoms with van der Waals surface area (Å²) in [6.07, 6.45) is 2.86. The normalized spacial score (nSPS) is 16.3. The molecule has 2 aliphatic rings. The quantitative estimate of drug-likeness (QED) is 0.0910. The van der Waals surface area contributed by atoms with Crippen LogP contribution >= 0.6 is 47.8 Å². The van der Waals surface area contributed by atoms with Gasteiger partial charge in [0, 0.05) is 52.8 Å². The van der Waals surface area contributed by atoms with Crippen molar-refractivity contribution in [3.63, 3.8) is 0 Å². The molecular weight excluding hydrogens is 1030 g/mol. The molecule has 65 heavy (non-hydrogen) atoms. The van der Waals surface area contributed by atoms with Gasteiger partial charge in [0.1, 0.15) is 37.2 Å².